The van der Waals surface area contributed by atoms with Crippen LogP contribution in [0.25, 0.3) is 16.9 Å². The second-order valence-electron chi connectivity index (χ2n) is 9.87. The van der Waals surface area contributed by atoms with Gasteiger partial charge >= 0.3 is 0 Å². The molecule has 0 amide bonds. The van der Waals surface area contributed by atoms with Crippen molar-refractivity contribution in [3.8, 4) is 5.82 Å². The van der Waals surface area contributed by atoms with Crippen LogP contribution >= 0.6 is 0 Å². The Morgan fingerprint density at radius 3 is 2.51 bits per heavy atom. The zero-order valence-electron chi connectivity index (χ0n) is 20.3. The second-order valence-corrected chi connectivity index (χ2v) is 9.87. The first kappa shape index (κ1) is 24.1. The molecule has 1 saturated carbocycles. The van der Waals surface area contributed by atoms with Crippen LogP contribution in [0.15, 0.2) is 24.3 Å². The number of aryl methyl sites for hydroxylation is 2. The lowest BCUT2D eigenvalue weighted by Gasteiger charge is -2.28. The molecule has 0 atom stereocenters. The zero-order valence-corrected chi connectivity index (χ0v) is 20.3. The minimum atomic E-state index is -2.72. The summed E-state index contributed by atoms with van der Waals surface area (Å²) in [7, 11) is 0. The molecule has 0 spiro atoms. The third-order valence-corrected chi connectivity index (χ3v) is 7.24. The lowest BCUT2D eigenvalue weighted by molar-refractivity contribution is 0.122. The van der Waals surface area contributed by atoms with Gasteiger partial charge in [-0.1, -0.05) is 12.5 Å². The third kappa shape index (κ3) is 5.46. The Hall–Kier alpha value is -2.65. The number of alkyl halides is 2. The molecule has 0 bridgehead atoms. The smallest absolute Gasteiger partial charge is 0.296 e. The van der Waals surface area contributed by atoms with Gasteiger partial charge in [-0.15, -0.1) is 0 Å². The summed E-state index contributed by atoms with van der Waals surface area (Å²) in [4.78, 5) is 16.0. The van der Waals surface area contributed by atoms with E-state index < -0.39 is 6.43 Å². The van der Waals surface area contributed by atoms with E-state index in [9.17, 15) is 8.78 Å². The summed E-state index contributed by atoms with van der Waals surface area (Å²) in [6.45, 7) is 4.61. The summed E-state index contributed by atoms with van der Waals surface area (Å²) >= 11 is 0. The van der Waals surface area contributed by atoms with E-state index in [0.29, 0.717) is 67.4 Å². The number of fused-ring (bicyclic) bond motifs is 1. The van der Waals surface area contributed by atoms with Gasteiger partial charge < -0.3 is 15.4 Å². The molecule has 3 heterocycles. The van der Waals surface area contributed by atoms with Gasteiger partial charge in [0.15, 0.2) is 5.82 Å². The summed E-state index contributed by atoms with van der Waals surface area (Å²) in [6.07, 6.45) is 4.63. The van der Waals surface area contributed by atoms with E-state index in [0.717, 1.165) is 37.1 Å². The molecule has 2 fully saturated rings. The van der Waals surface area contributed by atoms with Crippen molar-refractivity contribution >= 4 is 16.9 Å². The summed E-state index contributed by atoms with van der Waals surface area (Å²) in [5, 5.41) is 0. The highest BCUT2D eigenvalue weighted by atomic mass is 19.3. The second kappa shape index (κ2) is 10.5. The molecular weight excluding hydrogens is 450 g/mol. The highest BCUT2D eigenvalue weighted by molar-refractivity contribution is 5.79. The average molecular weight is 485 g/mol. The maximum atomic E-state index is 14.1. The number of nitrogens with two attached hydrogens (primary N) is 1. The van der Waals surface area contributed by atoms with Crippen molar-refractivity contribution in [2.45, 2.75) is 64.3 Å². The van der Waals surface area contributed by atoms with E-state index in [1.165, 1.54) is 17.4 Å². The Kier molecular flexibility index (Phi) is 7.24. The van der Waals surface area contributed by atoms with Crippen molar-refractivity contribution in [2.24, 2.45) is 11.7 Å². The van der Waals surface area contributed by atoms with Crippen LogP contribution < -0.4 is 10.6 Å². The van der Waals surface area contributed by atoms with Gasteiger partial charge in [0.25, 0.3) is 6.43 Å². The van der Waals surface area contributed by atoms with E-state index in [1.807, 2.05) is 25.1 Å². The fraction of sp³-hybridized carbons (Fsp3) is 0.577. The normalized spacial score (nSPS) is 21.2. The largest absolute Gasteiger partial charge is 0.378 e. The maximum absolute atomic E-state index is 14.1. The fourth-order valence-electron chi connectivity index (χ4n) is 5.27. The average Bonchev–Trinajstić information content (AvgIpc) is 3.25. The van der Waals surface area contributed by atoms with Gasteiger partial charge in [0.1, 0.15) is 17.5 Å². The van der Waals surface area contributed by atoms with Gasteiger partial charge in [-0.3, -0.25) is 4.57 Å². The summed E-state index contributed by atoms with van der Waals surface area (Å²) < 4.78 is 35.2. The fourth-order valence-corrected chi connectivity index (χ4v) is 5.27. The molecular formula is C26H34F2N6O. The molecule has 1 aliphatic heterocycles. The Labute approximate surface area is 204 Å². The van der Waals surface area contributed by atoms with Crippen LogP contribution in [0.2, 0.25) is 0 Å². The summed E-state index contributed by atoms with van der Waals surface area (Å²) in [6, 6.07) is 7.72. The van der Waals surface area contributed by atoms with Crippen molar-refractivity contribution < 1.29 is 13.5 Å². The lowest BCUT2D eigenvalue weighted by Crippen LogP contribution is -2.37. The molecule has 2 aliphatic rings. The summed E-state index contributed by atoms with van der Waals surface area (Å²) in [5.41, 5.74) is 8.21. The predicted molar refractivity (Wildman–Crippen MR) is 132 cm³/mol. The highest BCUT2D eigenvalue weighted by Gasteiger charge is 2.24. The maximum Gasteiger partial charge on any atom is 0.296 e. The minimum Gasteiger partial charge on any atom is -0.378 e. The van der Waals surface area contributed by atoms with Crippen LogP contribution in [0, 0.1) is 12.8 Å². The van der Waals surface area contributed by atoms with Crippen molar-refractivity contribution in [1.29, 1.82) is 0 Å². The van der Waals surface area contributed by atoms with Gasteiger partial charge in [-0.2, -0.15) is 0 Å². The van der Waals surface area contributed by atoms with Gasteiger partial charge in [-0.25, -0.2) is 23.7 Å². The number of hydrogen-bond donors (Lipinski definition) is 1. The number of rotatable bonds is 7. The van der Waals surface area contributed by atoms with Crippen LogP contribution in [0.5, 0.6) is 0 Å². The number of benzene rings is 1. The molecule has 1 saturated heterocycles. The number of aromatic nitrogens is 4. The molecule has 0 unspecified atom stereocenters. The highest BCUT2D eigenvalue weighted by Crippen LogP contribution is 2.30. The molecule has 7 nitrogen and oxygen atoms in total. The first-order chi connectivity index (χ1) is 17.0. The van der Waals surface area contributed by atoms with Crippen molar-refractivity contribution in [3.63, 3.8) is 0 Å². The first-order valence-electron chi connectivity index (χ1n) is 12.7. The van der Waals surface area contributed by atoms with E-state index in [4.69, 9.17) is 20.4 Å². The topological polar surface area (TPSA) is 82.1 Å². The van der Waals surface area contributed by atoms with E-state index in [2.05, 4.69) is 9.88 Å². The van der Waals surface area contributed by atoms with E-state index in [1.54, 1.807) is 6.07 Å². The van der Waals surface area contributed by atoms with Crippen molar-refractivity contribution in [2.75, 3.05) is 31.2 Å². The monoisotopic (exact) mass is 484 g/mol. The molecule has 1 aliphatic carbocycles. The van der Waals surface area contributed by atoms with Gasteiger partial charge in [0, 0.05) is 31.6 Å². The predicted octanol–water partition coefficient (Wildman–Crippen LogP) is 4.74. The Morgan fingerprint density at radius 2 is 1.77 bits per heavy atom. The number of anilines is 1. The van der Waals surface area contributed by atoms with Gasteiger partial charge in [0.05, 0.1) is 24.2 Å². The SMILES string of the molecule is Cc1ccc2nc(C(F)F)n(-c3cc(N4CCOCC4)nc(CCCC4CCC(N)CC4)n3)c2c1. The Morgan fingerprint density at radius 1 is 1.03 bits per heavy atom. The number of halogens is 2. The molecule has 1 aromatic carbocycles. The van der Waals surface area contributed by atoms with Crippen LogP contribution in [0.3, 0.4) is 0 Å². The summed E-state index contributed by atoms with van der Waals surface area (Å²) in [5.74, 6) is 2.30. The molecule has 35 heavy (non-hydrogen) atoms. The Bertz CT molecular complexity index is 1150. The molecule has 3 aromatic rings. The van der Waals surface area contributed by atoms with Gasteiger partial charge in [0.2, 0.25) is 0 Å². The van der Waals surface area contributed by atoms with Crippen LogP contribution in [0.4, 0.5) is 14.6 Å². The molecule has 2 aromatic heterocycles. The van der Waals surface area contributed by atoms with E-state index in [-0.39, 0.29) is 5.82 Å². The molecule has 9 heteroatoms. The molecule has 188 valence electrons. The zero-order chi connectivity index (χ0) is 24.4. The standard InChI is InChI=1S/C26H34F2N6O/c1-17-5-10-20-21(15-17)34(26(30-20)25(27)28)24-16-23(33-11-13-35-14-12-33)31-22(32-24)4-2-3-18-6-8-19(29)9-7-18/h5,10,15-16,18-19,25H,2-4,6-9,11-14,29H2,1H3. The van der Waals surface area contributed by atoms with Crippen LogP contribution in [0.1, 0.15) is 62.2 Å². The minimum absolute atomic E-state index is 0.290. The van der Waals surface area contributed by atoms with Gasteiger partial charge in [-0.05, 0) is 62.6 Å². The number of imidazole rings is 1. The number of ether oxygens (including phenoxy) is 1. The third-order valence-electron chi connectivity index (χ3n) is 7.24. The number of hydrogen-bond acceptors (Lipinski definition) is 6. The van der Waals surface area contributed by atoms with Crippen LogP contribution in [-0.2, 0) is 11.2 Å². The van der Waals surface area contributed by atoms with Crippen molar-refractivity contribution in [1.82, 2.24) is 19.5 Å². The molecule has 0 radical (unpaired) electrons. The molecule has 5 rings (SSSR count). The Balaban J connectivity index is 1.48. The lowest BCUT2D eigenvalue weighted by atomic mass is 9.83. The first-order valence-corrected chi connectivity index (χ1v) is 12.7. The van der Waals surface area contributed by atoms with E-state index >= 15 is 0 Å². The number of morpholine rings is 1. The quantitative estimate of drug-likeness (QED) is 0.522. The van der Waals surface area contributed by atoms with Crippen molar-refractivity contribution in [3.05, 3.63) is 41.5 Å². The van der Waals surface area contributed by atoms with Crippen LogP contribution in [-0.4, -0.2) is 51.9 Å². The molecule has 2 N–H and O–H groups in total. The number of nitrogens with zero attached hydrogens (tertiary/aromatic N) is 5.